The lowest BCUT2D eigenvalue weighted by atomic mass is 10.0. The maximum atomic E-state index is 4.82. The highest BCUT2D eigenvalue weighted by Crippen LogP contribution is 2.27. The molecule has 0 bridgehead atoms. The zero-order chi connectivity index (χ0) is 14.8. The van der Waals surface area contributed by atoms with Gasteiger partial charge in [0.15, 0.2) is 0 Å². The summed E-state index contributed by atoms with van der Waals surface area (Å²) in [7, 11) is 2.03. The Morgan fingerprint density at radius 1 is 1.29 bits per heavy atom. The highest BCUT2D eigenvalue weighted by Gasteiger charge is 2.17. The zero-order valence-corrected chi connectivity index (χ0v) is 13.6. The molecule has 0 fully saturated rings. The van der Waals surface area contributed by atoms with Crippen LogP contribution in [0, 0.1) is 6.92 Å². The number of benzene rings is 1. The van der Waals surface area contributed by atoms with Gasteiger partial charge in [0.1, 0.15) is 0 Å². The predicted octanol–water partition coefficient (Wildman–Crippen LogP) is 3.93. The van der Waals surface area contributed by atoms with Gasteiger partial charge in [-0.15, -0.1) is 0 Å². The van der Waals surface area contributed by atoms with Gasteiger partial charge in [-0.3, -0.25) is 4.68 Å². The van der Waals surface area contributed by atoms with Crippen LogP contribution in [0.1, 0.15) is 29.8 Å². The summed E-state index contributed by atoms with van der Waals surface area (Å²) in [4.78, 5) is 0. The second-order valence-corrected chi connectivity index (χ2v) is 6.08. The molecule has 2 heterocycles. The fourth-order valence-electron chi connectivity index (χ4n) is 2.88. The maximum absolute atomic E-state index is 4.82. The number of aryl methyl sites for hydroxylation is 2. The molecule has 1 aromatic carbocycles. The number of hydrogen-bond donors (Lipinski definition) is 1. The van der Waals surface area contributed by atoms with Crippen molar-refractivity contribution in [3.8, 4) is 0 Å². The molecule has 0 saturated carbocycles. The van der Waals surface area contributed by atoms with Crippen LogP contribution in [0.4, 0.5) is 0 Å². The molecule has 0 spiro atoms. The lowest BCUT2D eigenvalue weighted by Crippen LogP contribution is -2.19. The number of nitrogens with one attached hydrogen (secondary N) is 1. The molecule has 110 valence electrons. The first-order valence-electron chi connectivity index (χ1n) is 7.39. The number of fused-ring (bicyclic) bond motifs is 1. The first kappa shape index (κ1) is 14.3. The minimum absolute atomic E-state index is 0.319. The van der Waals surface area contributed by atoms with Crippen LogP contribution in [0.2, 0.25) is 0 Å². The van der Waals surface area contributed by atoms with Gasteiger partial charge >= 0.3 is 0 Å². The molecular formula is C17H21N3S. The van der Waals surface area contributed by atoms with Crippen LogP contribution in [-0.2, 0) is 13.0 Å². The minimum Gasteiger partial charge on any atom is -0.313 e. The molecule has 0 saturated heterocycles. The van der Waals surface area contributed by atoms with E-state index in [9.17, 15) is 0 Å². The SMILES string of the molecule is CCn1nc(CC(NC)c2cscc2C)c2ccccc21. The van der Waals surface area contributed by atoms with Crippen LogP contribution >= 0.6 is 11.3 Å². The Morgan fingerprint density at radius 3 is 2.76 bits per heavy atom. The lowest BCUT2D eigenvalue weighted by molar-refractivity contribution is 0.572. The Kier molecular flexibility index (Phi) is 4.08. The number of aromatic nitrogens is 2. The summed E-state index contributed by atoms with van der Waals surface area (Å²) < 4.78 is 2.10. The first-order valence-corrected chi connectivity index (χ1v) is 8.33. The van der Waals surface area contributed by atoms with E-state index in [1.54, 1.807) is 11.3 Å². The molecule has 3 aromatic rings. The van der Waals surface area contributed by atoms with E-state index >= 15 is 0 Å². The molecular weight excluding hydrogens is 278 g/mol. The van der Waals surface area contributed by atoms with Crippen LogP contribution in [0.15, 0.2) is 35.0 Å². The third kappa shape index (κ3) is 2.61. The molecule has 3 nitrogen and oxygen atoms in total. The highest BCUT2D eigenvalue weighted by atomic mass is 32.1. The van der Waals surface area contributed by atoms with Crippen molar-refractivity contribution < 1.29 is 0 Å². The number of nitrogens with zero attached hydrogens (tertiary/aromatic N) is 2. The summed E-state index contributed by atoms with van der Waals surface area (Å²) in [5, 5.41) is 14.0. The average Bonchev–Trinajstić information content (AvgIpc) is 3.09. The monoisotopic (exact) mass is 299 g/mol. The van der Waals surface area contributed by atoms with Gasteiger partial charge < -0.3 is 5.32 Å². The number of likely N-dealkylation sites (N-methyl/N-ethyl adjacent to an activating group) is 1. The molecule has 4 heteroatoms. The fourth-order valence-corrected chi connectivity index (χ4v) is 3.78. The molecule has 0 amide bonds. The van der Waals surface area contributed by atoms with Gasteiger partial charge in [0, 0.05) is 24.4 Å². The second-order valence-electron chi connectivity index (χ2n) is 5.34. The molecule has 1 N–H and O–H groups in total. The van der Waals surface area contributed by atoms with Gasteiger partial charge in [0.05, 0.1) is 11.2 Å². The van der Waals surface area contributed by atoms with Crippen molar-refractivity contribution in [3.63, 3.8) is 0 Å². The van der Waals surface area contributed by atoms with Gasteiger partial charge in [-0.05, 0) is 48.8 Å². The third-order valence-electron chi connectivity index (χ3n) is 4.05. The fraction of sp³-hybridized carbons (Fsp3) is 0.353. The zero-order valence-electron chi connectivity index (χ0n) is 12.8. The topological polar surface area (TPSA) is 29.9 Å². The van der Waals surface area contributed by atoms with E-state index in [1.165, 1.54) is 27.7 Å². The van der Waals surface area contributed by atoms with Gasteiger partial charge in [0.2, 0.25) is 0 Å². The van der Waals surface area contributed by atoms with Crippen LogP contribution in [-0.4, -0.2) is 16.8 Å². The third-order valence-corrected chi connectivity index (χ3v) is 4.93. The summed E-state index contributed by atoms with van der Waals surface area (Å²) in [5.41, 5.74) is 5.15. The van der Waals surface area contributed by atoms with E-state index in [4.69, 9.17) is 5.10 Å². The van der Waals surface area contributed by atoms with Gasteiger partial charge in [-0.1, -0.05) is 18.2 Å². The van der Waals surface area contributed by atoms with Crippen molar-refractivity contribution >= 4 is 22.2 Å². The smallest absolute Gasteiger partial charge is 0.0722 e. The summed E-state index contributed by atoms with van der Waals surface area (Å²) in [6.07, 6.45) is 0.918. The molecule has 0 radical (unpaired) electrons. The molecule has 0 aliphatic carbocycles. The summed E-state index contributed by atoms with van der Waals surface area (Å²) in [6.45, 7) is 5.23. The van der Waals surface area contributed by atoms with Crippen molar-refractivity contribution in [2.45, 2.75) is 32.9 Å². The Bertz CT molecular complexity index is 741. The summed E-state index contributed by atoms with van der Waals surface area (Å²) in [6, 6.07) is 8.83. The van der Waals surface area contributed by atoms with E-state index in [0.717, 1.165) is 13.0 Å². The van der Waals surface area contributed by atoms with Crippen molar-refractivity contribution in [1.82, 2.24) is 15.1 Å². The highest BCUT2D eigenvalue weighted by molar-refractivity contribution is 7.08. The van der Waals surface area contributed by atoms with Gasteiger partial charge in [-0.2, -0.15) is 16.4 Å². The molecule has 1 atom stereocenters. The first-order chi connectivity index (χ1) is 10.2. The van der Waals surface area contributed by atoms with Crippen LogP contribution in [0.5, 0.6) is 0 Å². The summed E-state index contributed by atoms with van der Waals surface area (Å²) >= 11 is 1.77. The van der Waals surface area contributed by atoms with E-state index < -0.39 is 0 Å². The molecule has 0 aliphatic heterocycles. The van der Waals surface area contributed by atoms with E-state index in [2.05, 4.69) is 58.9 Å². The quantitative estimate of drug-likeness (QED) is 0.773. The molecule has 2 aromatic heterocycles. The van der Waals surface area contributed by atoms with Crippen molar-refractivity contribution in [2.24, 2.45) is 0 Å². The molecule has 1 unspecified atom stereocenters. The Hall–Kier alpha value is -1.65. The van der Waals surface area contributed by atoms with Gasteiger partial charge in [-0.25, -0.2) is 0 Å². The number of rotatable bonds is 5. The second kappa shape index (κ2) is 6.00. The van der Waals surface area contributed by atoms with Crippen molar-refractivity contribution in [2.75, 3.05) is 7.05 Å². The molecule has 3 rings (SSSR count). The number of para-hydroxylation sites is 1. The maximum Gasteiger partial charge on any atom is 0.0722 e. The van der Waals surface area contributed by atoms with Crippen LogP contribution in [0.3, 0.4) is 0 Å². The van der Waals surface area contributed by atoms with Crippen molar-refractivity contribution in [1.29, 1.82) is 0 Å². The number of hydrogen-bond acceptors (Lipinski definition) is 3. The normalized spacial score (nSPS) is 12.9. The van der Waals surface area contributed by atoms with Crippen molar-refractivity contribution in [3.05, 3.63) is 51.8 Å². The van der Waals surface area contributed by atoms with E-state index in [-0.39, 0.29) is 0 Å². The minimum atomic E-state index is 0.319. The van der Waals surface area contributed by atoms with Crippen LogP contribution < -0.4 is 5.32 Å². The lowest BCUT2D eigenvalue weighted by Gasteiger charge is -2.15. The predicted molar refractivity (Wildman–Crippen MR) is 90.0 cm³/mol. The Morgan fingerprint density at radius 2 is 2.10 bits per heavy atom. The van der Waals surface area contributed by atoms with Crippen LogP contribution in [0.25, 0.3) is 10.9 Å². The standard InChI is InChI=1S/C17H21N3S/c1-4-20-17-8-6-5-7-13(17)16(19-20)9-15(18-3)14-11-21-10-12(14)2/h5-8,10-11,15,18H,4,9H2,1-3H3. The largest absolute Gasteiger partial charge is 0.313 e. The van der Waals surface area contributed by atoms with E-state index in [1.807, 2.05) is 7.05 Å². The summed E-state index contributed by atoms with van der Waals surface area (Å²) in [5.74, 6) is 0. The Balaban J connectivity index is 1.99. The van der Waals surface area contributed by atoms with Gasteiger partial charge in [0.25, 0.3) is 0 Å². The number of thiophene rings is 1. The molecule has 21 heavy (non-hydrogen) atoms. The Labute approximate surface area is 129 Å². The van der Waals surface area contributed by atoms with E-state index in [0.29, 0.717) is 6.04 Å². The molecule has 0 aliphatic rings. The average molecular weight is 299 g/mol.